The summed E-state index contributed by atoms with van der Waals surface area (Å²) in [6.07, 6.45) is 0. The summed E-state index contributed by atoms with van der Waals surface area (Å²) in [5.41, 5.74) is 0.631. The van der Waals surface area contributed by atoms with Crippen LogP contribution in [0.25, 0.3) is 22.6 Å². The number of para-hydroxylation sites is 1. The van der Waals surface area contributed by atoms with E-state index in [0.717, 1.165) is 5.39 Å². The first-order valence-electron chi connectivity index (χ1n) is 6.38. The third-order valence-electron chi connectivity index (χ3n) is 2.96. The molecule has 1 aromatic carbocycles. The topological polar surface area (TPSA) is 67.1 Å². The van der Waals surface area contributed by atoms with Gasteiger partial charge in [0.25, 0.3) is 0 Å². The van der Waals surface area contributed by atoms with Crippen molar-refractivity contribution < 1.29 is 4.42 Å². The highest BCUT2D eigenvalue weighted by atomic mass is 35.5. The summed E-state index contributed by atoms with van der Waals surface area (Å²) in [5, 5.41) is 4.40. The average Bonchev–Trinajstić information content (AvgIpc) is 2.92. The third-order valence-corrected chi connectivity index (χ3v) is 3.26. The quantitative estimate of drug-likeness (QED) is 0.802. The number of anilines is 2. The summed E-state index contributed by atoms with van der Waals surface area (Å²) in [4.78, 5) is 14.8. The second-order valence-corrected chi connectivity index (χ2v) is 5.10. The lowest BCUT2D eigenvalue weighted by molar-refractivity contribution is 0.624. The molecule has 0 fully saturated rings. The number of fused-ring (bicyclic) bond motifs is 1. The Balaban J connectivity index is 2.17. The number of nitrogens with one attached hydrogen (secondary N) is 1. The lowest BCUT2D eigenvalue weighted by atomic mass is 10.2. The predicted molar refractivity (Wildman–Crippen MR) is 83.9 cm³/mol. The summed E-state index contributed by atoms with van der Waals surface area (Å²) in [5.74, 6) is 2.05. The van der Waals surface area contributed by atoms with Crippen molar-refractivity contribution in [3.63, 3.8) is 0 Å². The molecule has 3 rings (SSSR count). The van der Waals surface area contributed by atoms with Gasteiger partial charge < -0.3 is 14.6 Å². The second kappa shape index (κ2) is 5.21. The Hall–Kier alpha value is -2.34. The molecule has 6 nitrogen and oxygen atoms in total. The molecule has 3 aromatic rings. The zero-order valence-electron chi connectivity index (χ0n) is 11.9. The van der Waals surface area contributed by atoms with E-state index in [9.17, 15) is 0 Å². The molecule has 0 atom stereocenters. The Kier molecular flexibility index (Phi) is 3.39. The Morgan fingerprint density at radius 3 is 2.67 bits per heavy atom. The number of aromatic nitrogens is 3. The van der Waals surface area contributed by atoms with Crippen LogP contribution in [0, 0.1) is 0 Å². The third kappa shape index (κ3) is 2.50. The molecule has 1 N–H and O–H groups in total. The summed E-state index contributed by atoms with van der Waals surface area (Å²) < 4.78 is 5.79. The Morgan fingerprint density at radius 2 is 2.00 bits per heavy atom. The Bertz CT molecular complexity index is 799. The number of halogens is 1. The molecule has 0 aliphatic rings. The lowest BCUT2D eigenvalue weighted by Crippen LogP contribution is -2.15. The van der Waals surface area contributed by atoms with Gasteiger partial charge in [-0.15, -0.1) is 0 Å². The van der Waals surface area contributed by atoms with E-state index in [1.54, 1.807) is 13.1 Å². The number of hydrogen-bond acceptors (Lipinski definition) is 6. The van der Waals surface area contributed by atoms with Gasteiger partial charge in [-0.05, 0) is 12.1 Å². The molecule has 0 aliphatic carbocycles. The monoisotopic (exact) mass is 303 g/mol. The molecule has 2 heterocycles. The minimum absolute atomic E-state index is 0.463. The molecule has 0 aliphatic heterocycles. The second-order valence-electron chi connectivity index (χ2n) is 4.70. The molecular formula is C14H14ClN5O. The maximum atomic E-state index is 6.13. The molecule has 0 amide bonds. The van der Waals surface area contributed by atoms with Crippen molar-refractivity contribution in [2.45, 2.75) is 0 Å². The van der Waals surface area contributed by atoms with Gasteiger partial charge in [0.15, 0.2) is 11.3 Å². The largest absolute Gasteiger partial charge is 0.451 e. The van der Waals surface area contributed by atoms with Gasteiger partial charge in [0.1, 0.15) is 0 Å². The van der Waals surface area contributed by atoms with Gasteiger partial charge in [0, 0.05) is 26.5 Å². The van der Waals surface area contributed by atoms with Crippen molar-refractivity contribution in [2.75, 3.05) is 31.4 Å². The number of nitrogens with zero attached hydrogens (tertiary/aromatic N) is 4. The van der Waals surface area contributed by atoms with Crippen LogP contribution in [0.15, 0.2) is 28.7 Å². The van der Waals surface area contributed by atoms with E-state index in [4.69, 9.17) is 16.0 Å². The van der Waals surface area contributed by atoms with Crippen LogP contribution in [0.2, 0.25) is 5.02 Å². The van der Waals surface area contributed by atoms with E-state index < -0.39 is 0 Å². The SMILES string of the molecule is CNc1nc(-c2cc3cccc(Cl)c3o2)nc(N(C)C)n1. The van der Waals surface area contributed by atoms with E-state index in [1.165, 1.54) is 0 Å². The van der Waals surface area contributed by atoms with Gasteiger partial charge in [0.2, 0.25) is 17.7 Å². The van der Waals surface area contributed by atoms with Gasteiger partial charge >= 0.3 is 0 Å². The fourth-order valence-corrected chi connectivity index (χ4v) is 2.14. The standard InChI is InChI=1S/C14H14ClN5O/c1-16-13-17-12(18-14(19-13)20(2)3)10-7-8-5-4-6-9(15)11(8)21-10/h4-7H,1-3H3,(H,16,17,18,19). The summed E-state index contributed by atoms with van der Waals surface area (Å²) >= 11 is 6.13. The van der Waals surface area contributed by atoms with Crippen molar-refractivity contribution in [1.29, 1.82) is 0 Å². The molecule has 0 bridgehead atoms. The van der Waals surface area contributed by atoms with Gasteiger partial charge in [-0.1, -0.05) is 23.7 Å². The highest BCUT2D eigenvalue weighted by Crippen LogP contribution is 2.31. The van der Waals surface area contributed by atoms with Gasteiger partial charge in [-0.3, -0.25) is 0 Å². The van der Waals surface area contributed by atoms with Gasteiger partial charge in [-0.2, -0.15) is 15.0 Å². The number of furan rings is 1. The van der Waals surface area contributed by atoms with Crippen molar-refractivity contribution in [1.82, 2.24) is 15.0 Å². The van der Waals surface area contributed by atoms with Crippen LogP contribution >= 0.6 is 11.6 Å². The lowest BCUT2D eigenvalue weighted by Gasteiger charge is -2.11. The molecule has 108 valence electrons. The highest BCUT2D eigenvalue weighted by Gasteiger charge is 2.14. The molecule has 0 saturated carbocycles. The maximum Gasteiger partial charge on any atom is 0.230 e. The molecule has 0 radical (unpaired) electrons. The van der Waals surface area contributed by atoms with Crippen LogP contribution in [0.4, 0.5) is 11.9 Å². The molecule has 0 unspecified atom stereocenters. The molecule has 2 aromatic heterocycles. The zero-order valence-corrected chi connectivity index (χ0v) is 12.6. The number of benzene rings is 1. The van der Waals surface area contributed by atoms with E-state index >= 15 is 0 Å². The Morgan fingerprint density at radius 1 is 1.19 bits per heavy atom. The average molecular weight is 304 g/mol. The predicted octanol–water partition coefficient (Wildman–Crippen LogP) is 3.05. The first kappa shape index (κ1) is 13.6. The highest BCUT2D eigenvalue weighted by molar-refractivity contribution is 6.34. The van der Waals surface area contributed by atoms with Crippen LogP contribution in [-0.2, 0) is 0 Å². The first-order valence-corrected chi connectivity index (χ1v) is 6.76. The van der Waals surface area contributed by atoms with Crippen LogP contribution in [0.3, 0.4) is 0 Å². The van der Waals surface area contributed by atoms with Gasteiger partial charge in [0.05, 0.1) is 5.02 Å². The first-order chi connectivity index (χ1) is 10.1. The van der Waals surface area contributed by atoms with Crippen LogP contribution in [-0.4, -0.2) is 36.1 Å². The fraction of sp³-hybridized carbons (Fsp3) is 0.214. The van der Waals surface area contributed by atoms with E-state index in [0.29, 0.717) is 34.1 Å². The molecular weight excluding hydrogens is 290 g/mol. The minimum Gasteiger partial charge on any atom is -0.451 e. The molecule has 7 heteroatoms. The molecule has 21 heavy (non-hydrogen) atoms. The van der Waals surface area contributed by atoms with E-state index in [-0.39, 0.29) is 0 Å². The van der Waals surface area contributed by atoms with Crippen molar-refractivity contribution in [2.24, 2.45) is 0 Å². The summed E-state index contributed by atoms with van der Waals surface area (Å²) in [6, 6.07) is 7.47. The number of hydrogen-bond donors (Lipinski definition) is 1. The normalized spacial score (nSPS) is 10.9. The number of rotatable bonds is 3. The van der Waals surface area contributed by atoms with Crippen molar-refractivity contribution in [3.8, 4) is 11.6 Å². The van der Waals surface area contributed by atoms with E-state index in [1.807, 2.05) is 37.2 Å². The summed E-state index contributed by atoms with van der Waals surface area (Å²) in [6.45, 7) is 0. The van der Waals surface area contributed by atoms with Crippen molar-refractivity contribution in [3.05, 3.63) is 29.3 Å². The molecule has 0 spiro atoms. The van der Waals surface area contributed by atoms with Crippen LogP contribution in [0.1, 0.15) is 0 Å². The van der Waals surface area contributed by atoms with Crippen LogP contribution < -0.4 is 10.2 Å². The molecule has 0 saturated heterocycles. The minimum atomic E-state index is 0.463. The Labute approximate surface area is 126 Å². The summed E-state index contributed by atoms with van der Waals surface area (Å²) in [7, 11) is 5.50. The maximum absolute atomic E-state index is 6.13. The smallest absolute Gasteiger partial charge is 0.230 e. The van der Waals surface area contributed by atoms with Crippen LogP contribution in [0.5, 0.6) is 0 Å². The van der Waals surface area contributed by atoms with E-state index in [2.05, 4.69) is 20.3 Å². The zero-order chi connectivity index (χ0) is 15.0. The van der Waals surface area contributed by atoms with Crippen molar-refractivity contribution >= 4 is 34.5 Å². The van der Waals surface area contributed by atoms with Gasteiger partial charge in [-0.25, -0.2) is 0 Å². The fourth-order valence-electron chi connectivity index (χ4n) is 1.92.